The predicted molar refractivity (Wildman–Crippen MR) is 103 cm³/mol. The van der Waals surface area contributed by atoms with Crippen molar-refractivity contribution in [2.75, 3.05) is 34.5 Å². The molecule has 0 spiro atoms. The largest absolute Gasteiger partial charge is 0.497 e. The van der Waals surface area contributed by atoms with Crippen molar-refractivity contribution in [2.45, 2.75) is 27.2 Å². The first kappa shape index (κ1) is 20.8. The quantitative estimate of drug-likeness (QED) is 0.569. The first-order chi connectivity index (χ1) is 12.6. The van der Waals surface area contributed by atoms with Gasteiger partial charge in [-0.25, -0.2) is 4.79 Å². The Morgan fingerprint density at radius 1 is 1.15 bits per heavy atom. The maximum atomic E-state index is 12.5. The van der Waals surface area contributed by atoms with Crippen LogP contribution in [0.2, 0.25) is 0 Å². The first-order valence-corrected chi connectivity index (χ1v) is 8.80. The highest BCUT2D eigenvalue weighted by molar-refractivity contribution is 5.92. The van der Waals surface area contributed by atoms with Gasteiger partial charge in [-0.3, -0.25) is 9.36 Å². The maximum Gasteiger partial charge on any atom is 0.421 e. The zero-order valence-corrected chi connectivity index (χ0v) is 16.9. The number of ether oxygens (including phenoxy) is 3. The highest BCUT2D eigenvalue weighted by Gasteiger charge is 2.23. The van der Waals surface area contributed by atoms with Gasteiger partial charge < -0.3 is 19.1 Å². The molecule has 0 fully saturated rings. The summed E-state index contributed by atoms with van der Waals surface area (Å²) >= 11 is 0. The standard InChI is InChI=1S/C20H28N2O5/c1-20(2,3)18(23)26-13-27-19(24)22-12-14(9-10-21(4)5)16-11-15(25-6)7-8-17(16)22/h7-8,11-12H,9-10,13H2,1-6H3. The molecule has 0 atom stereocenters. The van der Waals surface area contributed by atoms with Crippen molar-refractivity contribution in [3.05, 3.63) is 30.0 Å². The number of carbonyl (C=O) groups is 2. The molecule has 0 bridgehead atoms. The van der Waals surface area contributed by atoms with Crippen LogP contribution in [-0.2, 0) is 20.7 Å². The molecule has 0 aliphatic carbocycles. The second kappa shape index (κ2) is 8.43. The number of esters is 1. The highest BCUT2D eigenvalue weighted by Crippen LogP contribution is 2.27. The van der Waals surface area contributed by atoms with Gasteiger partial charge in [0.15, 0.2) is 0 Å². The number of aromatic nitrogens is 1. The van der Waals surface area contributed by atoms with Crippen molar-refractivity contribution >= 4 is 23.0 Å². The van der Waals surface area contributed by atoms with Gasteiger partial charge >= 0.3 is 12.1 Å². The minimum atomic E-state index is -0.650. The number of fused-ring (bicyclic) bond motifs is 1. The van der Waals surface area contributed by atoms with Crippen molar-refractivity contribution in [1.29, 1.82) is 0 Å². The van der Waals surface area contributed by atoms with Crippen LogP contribution in [0.4, 0.5) is 4.79 Å². The predicted octanol–water partition coefficient (Wildman–Crippen LogP) is 3.29. The summed E-state index contributed by atoms with van der Waals surface area (Å²) in [6, 6.07) is 5.51. The Labute approximate surface area is 159 Å². The third kappa shape index (κ3) is 5.23. The van der Waals surface area contributed by atoms with E-state index in [9.17, 15) is 9.59 Å². The van der Waals surface area contributed by atoms with Crippen LogP contribution >= 0.6 is 0 Å². The van der Waals surface area contributed by atoms with E-state index in [2.05, 4.69) is 4.90 Å². The topological polar surface area (TPSA) is 70.0 Å². The van der Waals surface area contributed by atoms with Crippen LogP contribution in [0.25, 0.3) is 10.9 Å². The molecule has 1 aromatic heterocycles. The zero-order chi connectivity index (χ0) is 20.2. The molecule has 0 saturated heterocycles. The molecule has 148 valence electrons. The molecule has 2 rings (SSSR count). The summed E-state index contributed by atoms with van der Waals surface area (Å²) in [6.07, 6.45) is 1.94. The third-order valence-electron chi connectivity index (χ3n) is 4.10. The Balaban J connectivity index is 2.21. The lowest BCUT2D eigenvalue weighted by Crippen LogP contribution is -2.25. The van der Waals surface area contributed by atoms with E-state index >= 15 is 0 Å². The van der Waals surface area contributed by atoms with E-state index in [1.807, 2.05) is 26.2 Å². The lowest BCUT2D eigenvalue weighted by molar-refractivity contribution is -0.161. The number of benzene rings is 1. The molecule has 0 saturated carbocycles. The molecule has 7 heteroatoms. The molecule has 27 heavy (non-hydrogen) atoms. The normalized spacial score (nSPS) is 11.7. The van der Waals surface area contributed by atoms with E-state index in [0.29, 0.717) is 0 Å². The summed E-state index contributed by atoms with van der Waals surface area (Å²) in [5.74, 6) is 0.294. The minimum absolute atomic E-state index is 0.419. The fourth-order valence-corrected chi connectivity index (χ4v) is 2.52. The molecular weight excluding hydrogens is 348 g/mol. The smallest absolute Gasteiger partial charge is 0.421 e. The minimum Gasteiger partial charge on any atom is -0.497 e. The van der Waals surface area contributed by atoms with Crippen molar-refractivity contribution in [3.8, 4) is 5.75 Å². The molecular formula is C20H28N2O5. The van der Waals surface area contributed by atoms with Crippen LogP contribution in [0.3, 0.4) is 0 Å². The molecule has 0 aliphatic heterocycles. The van der Waals surface area contributed by atoms with Crippen LogP contribution < -0.4 is 4.74 Å². The zero-order valence-electron chi connectivity index (χ0n) is 16.9. The van der Waals surface area contributed by atoms with Gasteiger partial charge in [0, 0.05) is 18.1 Å². The number of hydrogen-bond donors (Lipinski definition) is 0. The Bertz CT molecular complexity index is 818. The molecule has 1 aromatic carbocycles. The molecule has 2 aromatic rings. The second-order valence-corrected chi connectivity index (χ2v) is 7.67. The van der Waals surface area contributed by atoms with Crippen LogP contribution in [0.1, 0.15) is 26.3 Å². The first-order valence-electron chi connectivity index (χ1n) is 8.80. The van der Waals surface area contributed by atoms with E-state index in [1.165, 1.54) is 4.57 Å². The average Bonchev–Trinajstić information content (AvgIpc) is 2.96. The van der Waals surface area contributed by atoms with Crippen molar-refractivity contribution in [2.24, 2.45) is 5.41 Å². The fourth-order valence-electron chi connectivity index (χ4n) is 2.52. The summed E-state index contributed by atoms with van der Waals surface area (Å²) in [6.45, 7) is 5.63. The lowest BCUT2D eigenvalue weighted by atomic mass is 9.98. The number of methoxy groups -OCH3 is 1. The van der Waals surface area contributed by atoms with Gasteiger partial charge in [-0.15, -0.1) is 0 Å². The summed E-state index contributed by atoms with van der Waals surface area (Å²) in [5.41, 5.74) is 1.08. The average molecular weight is 376 g/mol. The van der Waals surface area contributed by atoms with Gasteiger partial charge in [0.2, 0.25) is 6.79 Å². The number of likely N-dealkylation sites (N-methyl/N-ethyl adjacent to an activating group) is 1. The van der Waals surface area contributed by atoms with Crippen molar-refractivity contribution in [1.82, 2.24) is 9.47 Å². The number of rotatable bonds is 6. The third-order valence-corrected chi connectivity index (χ3v) is 4.10. The van der Waals surface area contributed by atoms with Crippen molar-refractivity contribution < 1.29 is 23.8 Å². The molecule has 0 aliphatic rings. The Morgan fingerprint density at radius 2 is 1.85 bits per heavy atom. The summed E-state index contributed by atoms with van der Waals surface area (Å²) in [4.78, 5) is 26.4. The van der Waals surface area contributed by atoms with E-state index in [-0.39, 0.29) is 0 Å². The van der Waals surface area contributed by atoms with E-state index < -0.39 is 24.3 Å². The number of hydrogen-bond acceptors (Lipinski definition) is 6. The molecule has 1 heterocycles. The van der Waals surface area contributed by atoms with Gasteiger partial charge in [-0.05, 0) is 65.0 Å². The van der Waals surface area contributed by atoms with Gasteiger partial charge in [-0.1, -0.05) is 0 Å². The summed E-state index contributed by atoms with van der Waals surface area (Å²) < 4.78 is 16.9. The maximum absolute atomic E-state index is 12.5. The summed E-state index contributed by atoms with van der Waals surface area (Å²) in [7, 11) is 5.60. The monoisotopic (exact) mass is 376 g/mol. The SMILES string of the molecule is COc1ccc2c(c1)c(CCN(C)C)cn2C(=O)OCOC(=O)C(C)(C)C. The fraction of sp³-hybridized carbons (Fsp3) is 0.500. The van der Waals surface area contributed by atoms with Crippen LogP contribution in [0.5, 0.6) is 5.75 Å². The summed E-state index contributed by atoms with van der Waals surface area (Å²) in [5, 5.41) is 0.930. The lowest BCUT2D eigenvalue weighted by Gasteiger charge is -2.16. The highest BCUT2D eigenvalue weighted by atomic mass is 16.7. The van der Waals surface area contributed by atoms with Crippen LogP contribution in [-0.4, -0.2) is 56.1 Å². The van der Waals surface area contributed by atoms with E-state index in [4.69, 9.17) is 14.2 Å². The Kier molecular flexibility index (Phi) is 6.49. The molecule has 0 radical (unpaired) electrons. The van der Waals surface area contributed by atoms with Gasteiger partial charge in [-0.2, -0.15) is 0 Å². The van der Waals surface area contributed by atoms with Crippen molar-refractivity contribution in [3.63, 3.8) is 0 Å². The van der Waals surface area contributed by atoms with Gasteiger partial charge in [0.05, 0.1) is 18.0 Å². The van der Waals surface area contributed by atoms with Gasteiger partial charge in [0.1, 0.15) is 5.75 Å². The van der Waals surface area contributed by atoms with E-state index in [1.54, 1.807) is 40.1 Å². The molecule has 0 N–H and O–H groups in total. The van der Waals surface area contributed by atoms with Crippen LogP contribution in [0.15, 0.2) is 24.4 Å². The van der Waals surface area contributed by atoms with E-state index in [0.717, 1.165) is 35.2 Å². The Hall–Kier alpha value is -2.54. The number of nitrogens with zero attached hydrogens (tertiary/aromatic N) is 2. The molecule has 0 amide bonds. The Morgan fingerprint density at radius 3 is 2.44 bits per heavy atom. The number of carbonyl (C=O) groups excluding carboxylic acids is 2. The van der Waals surface area contributed by atoms with Crippen LogP contribution in [0, 0.1) is 5.41 Å². The second-order valence-electron chi connectivity index (χ2n) is 7.67. The van der Waals surface area contributed by atoms with Gasteiger partial charge in [0.25, 0.3) is 0 Å². The molecule has 0 unspecified atom stereocenters. The molecule has 7 nitrogen and oxygen atoms in total.